The Kier molecular flexibility index (Phi) is 2.73. The molecule has 102 valence electrons. The van der Waals surface area contributed by atoms with Gasteiger partial charge in [-0.2, -0.15) is 0 Å². The van der Waals surface area contributed by atoms with Crippen molar-refractivity contribution < 1.29 is 13.2 Å². The van der Waals surface area contributed by atoms with Gasteiger partial charge in [0.15, 0.2) is 0 Å². The fraction of sp³-hybridized carbons (Fsp3) is 0. The van der Waals surface area contributed by atoms with Gasteiger partial charge in [-0.25, -0.2) is 13.6 Å². The first-order chi connectivity index (χ1) is 9.45. The molecule has 1 aliphatic heterocycles. The van der Waals surface area contributed by atoms with Crippen LogP contribution in [-0.4, -0.2) is 19.3 Å². The molecule has 20 heavy (non-hydrogen) atoms. The molecule has 0 radical (unpaired) electrons. The maximum Gasteiger partial charge on any atom is 0.256 e. The van der Waals surface area contributed by atoms with Crippen LogP contribution in [0, 0.1) is 0 Å². The number of fused-ring (bicyclic) bond motifs is 1. The molecule has 2 aromatic rings. The summed E-state index contributed by atoms with van der Waals surface area (Å²) in [6, 6.07) is 7.91. The summed E-state index contributed by atoms with van der Waals surface area (Å²) >= 11 is 0. The molecular formula is C13H11N3O3S. The van der Waals surface area contributed by atoms with Gasteiger partial charge in [0.25, 0.3) is 5.91 Å². The first-order valence-electron chi connectivity index (χ1n) is 5.79. The maximum atomic E-state index is 11.9. The minimum absolute atomic E-state index is 0.0230. The number of aromatic nitrogens is 1. The van der Waals surface area contributed by atoms with Crippen molar-refractivity contribution in [1.29, 1.82) is 0 Å². The lowest BCUT2D eigenvalue weighted by Crippen LogP contribution is -2.12. The van der Waals surface area contributed by atoms with E-state index in [0.29, 0.717) is 16.8 Å². The second-order valence-corrected chi connectivity index (χ2v) is 5.95. The Morgan fingerprint density at radius 1 is 1.20 bits per heavy atom. The standard InChI is InChI=1S/C13H11N3O3S/c14-20(18,19)9-3-4-12-10(7-9)11(13(17)16-12)6-8-2-1-5-15-8/h1-7,15H,(H,16,17)(H2,14,18,19)/b11-6-. The lowest BCUT2D eigenvalue weighted by Gasteiger charge is -2.02. The van der Waals surface area contributed by atoms with E-state index >= 15 is 0 Å². The molecule has 1 aliphatic rings. The molecule has 0 aliphatic carbocycles. The minimum Gasteiger partial charge on any atom is -0.362 e. The number of benzene rings is 1. The van der Waals surface area contributed by atoms with Crippen molar-refractivity contribution in [2.45, 2.75) is 4.90 Å². The molecule has 0 atom stereocenters. The summed E-state index contributed by atoms with van der Waals surface area (Å²) in [6.07, 6.45) is 3.40. The van der Waals surface area contributed by atoms with Crippen LogP contribution in [0.4, 0.5) is 5.69 Å². The fourth-order valence-electron chi connectivity index (χ4n) is 2.08. The highest BCUT2D eigenvalue weighted by molar-refractivity contribution is 7.89. The predicted octanol–water partition coefficient (Wildman–Crippen LogP) is 1.15. The number of hydrogen-bond donors (Lipinski definition) is 3. The number of amides is 1. The Bertz CT molecular complexity index is 821. The van der Waals surface area contributed by atoms with Crippen LogP contribution in [0.2, 0.25) is 0 Å². The van der Waals surface area contributed by atoms with Gasteiger partial charge in [-0.3, -0.25) is 4.79 Å². The summed E-state index contributed by atoms with van der Waals surface area (Å²) < 4.78 is 22.8. The number of carbonyl (C=O) groups excluding carboxylic acids is 1. The van der Waals surface area contributed by atoms with E-state index in [2.05, 4.69) is 10.3 Å². The Morgan fingerprint density at radius 2 is 2.00 bits per heavy atom. The van der Waals surface area contributed by atoms with Gasteiger partial charge in [-0.15, -0.1) is 0 Å². The second kappa shape index (κ2) is 4.32. The Labute approximate surface area is 115 Å². The fourth-order valence-corrected chi connectivity index (χ4v) is 2.62. The Balaban J connectivity index is 2.16. The lowest BCUT2D eigenvalue weighted by molar-refractivity contribution is -0.110. The smallest absolute Gasteiger partial charge is 0.256 e. The topological polar surface area (TPSA) is 105 Å². The van der Waals surface area contributed by atoms with Crippen molar-refractivity contribution >= 4 is 33.3 Å². The van der Waals surface area contributed by atoms with E-state index in [0.717, 1.165) is 5.69 Å². The van der Waals surface area contributed by atoms with Gasteiger partial charge >= 0.3 is 0 Å². The highest BCUT2D eigenvalue weighted by atomic mass is 32.2. The molecule has 2 heterocycles. The molecule has 0 saturated carbocycles. The van der Waals surface area contributed by atoms with Gasteiger partial charge in [0.2, 0.25) is 10.0 Å². The van der Waals surface area contributed by atoms with Crippen LogP contribution in [0.1, 0.15) is 11.3 Å². The van der Waals surface area contributed by atoms with E-state index in [9.17, 15) is 13.2 Å². The second-order valence-electron chi connectivity index (χ2n) is 4.39. The van der Waals surface area contributed by atoms with Crippen LogP contribution in [0.25, 0.3) is 11.6 Å². The zero-order chi connectivity index (χ0) is 14.3. The first-order valence-corrected chi connectivity index (χ1v) is 7.33. The molecular weight excluding hydrogens is 278 g/mol. The van der Waals surface area contributed by atoms with Crippen molar-refractivity contribution in [2.24, 2.45) is 5.14 Å². The van der Waals surface area contributed by atoms with E-state index in [-0.39, 0.29) is 10.8 Å². The normalized spacial score (nSPS) is 16.2. The predicted molar refractivity (Wildman–Crippen MR) is 75.1 cm³/mol. The van der Waals surface area contributed by atoms with Crippen LogP contribution < -0.4 is 10.5 Å². The number of nitrogens with two attached hydrogens (primary N) is 1. The van der Waals surface area contributed by atoms with E-state index < -0.39 is 10.0 Å². The molecule has 0 bridgehead atoms. The van der Waals surface area contributed by atoms with Gasteiger partial charge in [-0.05, 0) is 36.4 Å². The summed E-state index contributed by atoms with van der Waals surface area (Å²) in [5, 5.41) is 7.79. The van der Waals surface area contributed by atoms with E-state index in [1.807, 2.05) is 6.07 Å². The molecule has 4 N–H and O–H groups in total. The van der Waals surface area contributed by atoms with Gasteiger partial charge in [0, 0.05) is 23.1 Å². The zero-order valence-electron chi connectivity index (χ0n) is 10.3. The van der Waals surface area contributed by atoms with Crippen molar-refractivity contribution in [2.75, 3.05) is 5.32 Å². The number of nitrogens with one attached hydrogen (secondary N) is 2. The van der Waals surface area contributed by atoms with Crippen molar-refractivity contribution in [3.05, 3.63) is 47.8 Å². The SMILES string of the molecule is NS(=O)(=O)c1ccc2c(c1)/C(=C/c1ccc[nH]1)C(=O)N2. The highest BCUT2D eigenvalue weighted by Gasteiger charge is 2.25. The summed E-state index contributed by atoms with van der Waals surface area (Å²) in [5.41, 5.74) is 2.24. The lowest BCUT2D eigenvalue weighted by atomic mass is 10.1. The van der Waals surface area contributed by atoms with Gasteiger partial charge in [-0.1, -0.05) is 0 Å². The highest BCUT2D eigenvalue weighted by Crippen LogP contribution is 2.34. The van der Waals surface area contributed by atoms with Gasteiger partial charge < -0.3 is 10.3 Å². The molecule has 7 heteroatoms. The zero-order valence-corrected chi connectivity index (χ0v) is 11.1. The van der Waals surface area contributed by atoms with Crippen molar-refractivity contribution in [1.82, 2.24) is 4.98 Å². The first kappa shape index (κ1) is 12.6. The molecule has 0 unspecified atom stereocenters. The number of carbonyl (C=O) groups is 1. The quantitative estimate of drug-likeness (QED) is 0.722. The summed E-state index contributed by atoms with van der Waals surface area (Å²) in [6.45, 7) is 0. The van der Waals surface area contributed by atoms with Crippen LogP contribution in [0.3, 0.4) is 0 Å². The van der Waals surface area contributed by atoms with Crippen LogP contribution in [0.15, 0.2) is 41.4 Å². The number of aromatic amines is 1. The molecule has 0 spiro atoms. The molecule has 6 nitrogen and oxygen atoms in total. The molecule has 1 aromatic carbocycles. The van der Waals surface area contributed by atoms with Crippen molar-refractivity contribution in [3.63, 3.8) is 0 Å². The summed E-state index contributed by atoms with van der Waals surface area (Å²) in [5.74, 6) is -0.277. The minimum atomic E-state index is -3.80. The summed E-state index contributed by atoms with van der Waals surface area (Å²) in [4.78, 5) is 14.9. The van der Waals surface area contributed by atoms with Gasteiger partial charge in [0.05, 0.1) is 10.5 Å². The molecule has 0 fully saturated rings. The Morgan fingerprint density at radius 3 is 2.65 bits per heavy atom. The van der Waals surface area contributed by atoms with E-state index in [1.165, 1.54) is 18.2 Å². The molecule has 3 rings (SSSR count). The largest absolute Gasteiger partial charge is 0.362 e. The third-order valence-corrected chi connectivity index (χ3v) is 3.94. The van der Waals surface area contributed by atoms with Gasteiger partial charge in [0.1, 0.15) is 0 Å². The third-order valence-electron chi connectivity index (χ3n) is 3.02. The number of sulfonamides is 1. The van der Waals surface area contributed by atoms with Crippen molar-refractivity contribution in [3.8, 4) is 0 Å². The number of hydrogen-bond acceptors (Lipinski definition) is 3. The maximum absolute atomic E-state index is 11.9. The number of rotatable bonds is 2. The van der Waals surface area contributed by atoms with E-state index in [4.69, 9.17) is 5.14 Å². The average Bonchev–Trinajstić information content (AvgIpc) is 2.97. The number of anilines is 1. The third kappa shape index (κ3) is 2.13. The molecule has 1 aromatic heterocycles. The van der Waals surface area contributed by atoms with E-state index in [1.54, 1.807) is 18.3 Å². The number of primary sulfonamides is 1. The van der Waals surface area contributed by atoms with Crippen LogP contribution in [0.5, 0.6) is 0 Å². The van der Waals surface area contributed by atoms with Crippen LogP contribution in [-0.2, 0) is 14.8 Å². The van der Waals surface area contributed by atoms with Crippen LogP contribution >= 0.6 is 0 Å². The summed E-state index contributed by atoms with van der Waals surface area (Å²) in [7, 11) is -3.80. The molecule has 1 amide bonds. The monoisotopic (exact) mass is 289 g/mol. The number of H-pyrrole nitrogens is 1. The molecule has 0 saturated heterocycles. The average molecular weight is 289 g/mol. The Hall–Kier alpha value is -2.38.